The van der Waals surface area contributed by atoms with Crippen LogP contribution in [-0.4, -0.2) is 50.1 Å². The summed E-state index contributed by atoms with van der Waals surface area (Å²) in [6, 6.07) is 4.73. The van der Waals surface area contributed by atoms with E-state index in [1.165, 1.54) is 14.0 Å². The number of hydrogen-bond acceptors (Lipinski definition) is 5. The van der Waals surface area contributed by atoms with Crippen LogP contribution < -0.4 is 20.1 Å². The molecule has 1 aliphatic heterocycles. The van der Waals surface area contributed by atoms with E-state index >= 15 is 0 Å². The average Bonchev–Trinajstić information content (AvgIpc) is 2.66. The Bertz CT molecular complexity index is 669. The van der Waals surface area contributed by atoms with Crippen LogP contribution in [0.25, 0.3) is 0 Å². The van der Waals surface area contributed by atoms with Gasteiger partial charge < -0.3 is 19.7 Å². The summed E-state index contributed by atoms with van der Waals surface area (Å²) in [6.45, 7) is 2.81. The second kappa shape index (κ2) is 9.07. The Morgan fingerprint density at radius 1 is 1.15 bits per heavy atom. The number of piperidine rings is 1. The number of nitrogens with one attached hydrogen (secondary N) is 2. The van der Waals surface area contributed by atoms with E-state index in [1.807, 2.05) is 0 Å². The number of hydrogen-bond donors (Lipinski definition) is 2. The highest BCUT2D eigenvalue weighted by Gasteiger charge is 2.26. The lowest BCUT2D eigenvalue weighted by Gasteiger charge is -2.30. The molecule has 1 fully saturated rings. The number of urea groups is 1. The summed E-state index contributed by atoms with van der Waals surface area (Å²) in [7, 11) is 3.10. The highest BCUT2D eigenvalue weighted by atomic mass is 16.5. The van der Waals surface area contributed by atoms with Gasteiger partial charge in [-0.1, -0.05) is 0 Å². The number of carbonyl (C=O) groups is 3. The molecule has 1 aliphatic rings. The molecule has 2 N–H and O–H groups in total. The highest BCUT2D eigenvalue weighted by molar-refractivity contribution is 5.95. The maximum atomic E-state index is 12.2. The van der Waals surface area contributed by atoms with Gasteiger partial charge in [0, 0.05) is 44.1 Å². The van der Waals surface area contributed by atoms with Crippen LogP contribution in [0.4, 0.5) is 4.79 Å². The van der Waals surface area contributed by atoms with Gasteiger partial charge in [0.2, 0.25) is 11.8 Å². The van der Waals surface area contributed by atoms with E-state index in [4.69, 9.17) is 9.47 Å². The van der Waals surface area contributed by atoms with Crippen LogP contribution >= 0.6 is 0 Å². The summed E-state index contributed by atoms with van der Waals surface area (Å²) < 4.78 is 10.4. The van der Waals surface area contributed by atoms with Crippen molar-refractivity contribution in [3.63, 3.8) is 0 Å². The number of likely N-dealkylation sites (tertiary alicyclic amines) is 1. The van der Waals surface area contributed by atoms with Crippen LogP contribution in [0.1, 0.15) is 25.3 Å². The molecule has 0 radical (unpaired) electrons. The SMILES string of the molecule is COc1ccc(CNC(=O)NC(=O)C2CCN(C(C)=O)CC2)c(OC)c1. The normalized spacial score (nSPS) is 14.5. The molecule has 0 aromatic heterocycles. The van der Waals surface area contributed by atoms with Gasteiger partial charge in [0.1, 0.15) is 11.5 Å². The summed E-state index contributed by atoms with van der Waals surface area (Å²) in [4.78, 5) is 37.2. The standard InChI is InChI=1S/C18H25N3O5/c1-12(22)21-8-6-13(7-9-21)17(23)20-18(24)19-11-14-4-5-15(25-2)10-16(14)26-3/h4-5,10,13H,6-9,11H2,1-3H3,(H2,19,20,23,24). The van der Waals surface area contributed by atoms with Gasteiger partial charge in [-0.3, -0.25) is 14.9 Å². The number of benzene rings is 1. The Hall–Kier alpha value is -2.77. The fraction of sp³-hybridized carbons (Fsp3) is 0.500. The van der Waals surface area contributed by atoms with Crippen molar-refractivity contribution < 1.29 is 23.9 Å². The molecule has 0 spiro atoms. The number of amides is 4. The van der Waals surface area contributed by atoms with E-state index in [2.05, 4.69) is 10.6 Å². The molecular weight excluding hydrogens is 338 g/mol. The second-order valence-corrected chi connectivity index (χ2v) is 6.13. The Balaban J connectivity index is 1.82. The minimum absolute atomic E-state index is 0.00930. The Morgan fingerprint density at radius 3 is 2.42 bits per heavy atom. The molecular formula is C18H25N3O5. The molecule has 8 heteroatoms. The van der Waals surface area contributed by atoms with E-state index in [1.54, 1.807) is 30.2 Å². The van der Waals surface area contributed by atoms with Crippen molar-refractivity contribution in [3.05, 3.63) is 23.8 Å². The zero-order valence-corrected chi connectivity index (χ0v) is 15.3. The first-order chi connectivity index (χ1) is 12.4. The smallest absolute Gasteiger partial charge is 0.321 e. The zero-order chi connectivity index (χ0) is 19.1. The van der Waals surface area contributed by atoms with Gasteiger partial charge >= 0.3 is 6.03 Å². The van der Waals surface area contributed by atoms with Crippen LogP contribution in [0.2, 0.25) is 0 Å². The predicted octanol–water partition coefficient (Wildman–Crippen LogP) is 1.29. The van der Waals surface area contributed by atoms with E-state index in [-0.39, 0.29) is 24.3 Å². The predicted molar refractivity (Wildman–Crippen MR) is 94.9 cm³/mol. The second-order valence-electron chi connectivity index (χ2n) is 6.13. The van der Waals surface area contributed by atoms with Crippen molar-refractivity contribution in [1.29, 1.82) is 0 Å². The van der Waals surface area contributed by atoms with Crippen molar-refractivity contribution >= 4 is 17.8 Å². The van der Waals surface area contributed by atoms with Crippen molar-refractivity contribution in [2.75, 3.05) is 27.3 Å². The molecule has 2 rings (SSSR count). The monoisotopic (exact) mass is 363 g/mol. The molecule has 142 valence electrons. The lowest BCUT2D eigenvalue weighted by Crippen LogP contribution is -2.46. The van der Waals surface area contributed by atoms with E-state index < -0.39 is 6.03 Å². The molecule has 26 heavy (non-hydrogen) atoms. The molecule has 0 atom stereocenters. The van der Waals surface area contributed by atoms with Gasteiger partial charge in [0.05, 0.1) is 14.2 Å². The van der Waals surface area contributed by atoms with Crippen molar-refractivity contribution in [3.8, 4) is 11.5 Å². The van der Waals surface area contributed by atoms with E-state index in [9.17, 15) is 14.4 Å². The van der Waals surface area contributed by atoms with E-state index in [0.29, 0.717) is 37.4 Å². The summed E-state index contributed by atoms with van der Waals surface area (Å²) in [5, 5.41) is 5.02. The highest BCUT2D eigenvalue weighted by Crippen LogP contribution is 2.24. The average molecular weight is 363 g/mol. The minimum atomic E-state index is -0.554. The van der Waals surface area contributed by atoms with Crippen LogP contribution in [-0.2, 0) is 16.1 Å². The molecule has 4 amide bonds. The van der Waals surface area contributed by atoms with Crippen molar-refractivity contribution in [2.45, 2.75) is 26.3 Å². The number of methoxy groups -OCH3 is 2. The van der Waals surface area contributed by atoms with Gasteiger partial charge in [0.15, 0.2) is 0 Å². The van der Waals surface area contributed by atoms with Gasteiger partial charge in [-0.2, -0.15) is 0 Å². The van der Waals surface area contributed by atoms with Crippen LogP contribution in [0.5, 0.6) is 11.5 Å². The number of imide groups is 1. The molecule has 0 bridgehead atoms. The van der Waals surface area contributed by atoms with E-state index in [0.717, 1.165) is 5.56 Å². The molecule has 1 heterocycles. The lowest BCUT2D eigenvalue weighted by molar-refractivity contribution is -0.133. The van der Waals surface area contributed by atoms with Crippen molar-refractivity contribution in [1.82, 2.24) is 15.5 Å². The number of ether oxygens (including phenoxy) is 2. The summed E-state index contributed by atoms with van der Waals surface area (Å²) >= 11 is 0. The lowest BCUT2D eigenvalue weighted by atomic mass is 9.96. The maximum Gasteiger partial charge on any atom is 0.321 e. The topological polar surface area (TPSA) is 97.0 Å². The summed E-state index contributed by atoms with van der Waals surface area (Å²) in [6.07, 6.45) is 1.12. The summed E-state index contributed by atoms with van der Waals surface area (Å²) in [5.74, 6) is 0.684. The first kappa shape index (κ1) is 19.6. The molecule has 0 aliphatic carbocycles. The number of carbonyl (C=O) groups excluding carboxylic acids is 3. The molecule has 8 nitrogen and oxygen atoms in total. The fourth-order valence-corrected chi connectivity index (χ4v) is 2.89. The van der Waals surface area contributed by atoms with Crippen molar-refractivity contribution in [2.24, 2.45) is 5.92 Å². The zero-order valence-electron chi connectivity index (χ0n) is 15.3. The molecule has 1 saturated heterocycles. The molecule has 1 aromatic carbocycles. The van der Waals surface area contributed by atoms with Gasteiger partial charge in [-0.15, -0.1) is 0 Å². The quantitative estimate of drug-likeness (QED) is 0.822. The Kier molecular flexibility index (Phi) is 6.82. The third kappa shape index (κ3) is 5.11. The van der Waals surface area contributed by atoms with Gasteiger partial charge in [-0.25, -0.2) is 4.79 Å². The van der Waals surface area contributed by atoms with Crippen LogP contribution in [0.15, 0.2) is 18.2 Å². The number of rotatable bonds is 5. The van der Waals surface area contributed by atoms with Crippen LogP contribution in [0.3, 0.4) is 0 Å². The first-order valence-corrected chi connectivity index (χ1v) is 8.49. The maximum absolute atomic E-state index is 12.2. The molecule has 1 aromatic rings. The molecule has 0 unspecified atom stereocenters. The third-order valence-corrected chi connectivity index (χ3v) is 4.48. The number of nitrogens with zero attached hydrogens (tertiary/aromatic N) is 1. The Labute approximate surface area is 152 Å². The third-order valence-electron chi connectivity index (χ3n) is 4.48. The Morgan fingerprint density at radius 2 is 1.85 bits per heavy atom. The minimum Gasteiger partial charge on any atom is -0.497 e. The van der Waals surface area contributed by atoms with Crippen LogP contribution in [0, 0.1) is 5.92 Å². The summed E-state index contributed by atoms with van der Waals surface area (Å²) in [5.41, 5.74) is 0.769. The molecule has 0 saturated carbocycles. The fourth-order valence-electron chi connectivity index (χ4n) is 2.89. The largest absolute Gasteiger partial charge is 0.497 e. The first-order valence-electron chi connectivity index (χ1n) is 8.49. The van der Waals surface area contributed by atoms with Gasteiger partial charge in [0.25, 0.3) is 0 Å². The van der Waals surface area contributed by atoms with Gasteiger partial charge in [-0.05, 0) is 25.0 Å².